The zero-order valence-electron chi connectivity index (χ0n) is 14.5. The quantitative estimate of drug-likeness (QED) is 0.461. The van der Waals surface area contributed by atoms with Crippen molar-refractivity contribution in [3.8, 4) is 0 Å². The molecule has 3 aromatic carbocycles. The van der Waals surface area contributed by atoms with Gasteiger partial charge in [-0.1, -0.05) is 36.4 Å². The van der Waals surface area contributed by atoms with E-state index in [9.17, 15) is 18.8 Å². The standard InChI is InChI=1S/C22H17FO4/c23-19-9-7-16(8-10-19)21(25)14-27-22(26)12-11-20(24)18-6-5-15-3-1-2-4-17(15)13-18/h1-10,13H,11-12,14H2. The number of carbonyl (C=O) groups is 3. The van der Waals surface area contributed by atoms with Crippen molar-refractivity contribution in [1.82, 2.24) is 0 Å². The minimum atomic E-state index is -0.625. The number of ether oxygens (including phenoxy) is 1. The molecule has 0 aliphatic rings. The number of carbonyl (C=O) groups excluding carboxylic acids is 3. The summed E-state index contributed by atoms with van der Waals surface area (Å²) in [6, 6.07) is 18.1. The minimum Gasteiger partial charge on any atom is -0.457 e. The van der Waals surface area contributed by atoms with Gasteiger partial charge in [0.15, 0.2) is 18.2 Å². The summed E-state index contributed by atoms with van der Waals surface area (Å²) in [6.07, 6.45) is -0.107. The Morgan fingerprint density at radius 3 is 2.15 bits per heavy atom. The smallest absolute Gasteiger partial charge is 0.306 e. The molecule has 0 heterocycles. The van der Waals surface area contributed by atoms with Crippen LogP contribution in [0.3, 0.4) is 0 Å². The first kappa shape index (κ1) is 18.5. The van der Waals surface area contributed by atoms with Crippen LogP contribution in [0.2, 0.25) is 0 Å². The summed E-state index contributed by atoms with van der Waals surface area (Å²) in [5.41, 5.74) is 0.792. The van der Waals surface area contributed by atoms with Crippen molar-refractivity contribution in [2.75, 3.05) is 6.61 Å². The zero-order valence-corrected chi connectivity index (χ0v) is 14.5. The van der Waals surface area contributed by atoms with E-state index in [2.05, 4.69) is 0 Å². The fraction of sp³-hybridized carbons (Fsp3) is 0.136. The van der Waals surface area contributed by atoms with Crippen LogP contribution < -0.4 is 0 Å². The third kappa shape index (κ3) is 4.85. The fourth-order valence-electron chi connectivity index (χ4n) is 2.66. The molecule has 0 spiro atoms. The number of benzene rings is 3. The monoisotopic (exact) mass is 364 g/mol. The van der Waals surface area contributed by atoms with Crippen LogP contribution in [0.15, 0.2) is 66.7 Å². The molecule has 0 saturated heterocycles. The molecule has 0 unspecified atom stereocenters. The number of halogens is 1. The second-order valence-corrected chi connectivity index (χ2v) is 6.08. The third-order valence-corrected chi connectivity index (χ3v) is 4.16. The summed E-state index contributed by atoms with van der Waals surface area (Å²) in [5, 5.41) is 1.99. The van der Waals surface area contributed by atoms with E-state index in [-0.39, 0.29) is 24.2 Å². The second kappa shape index (κ2) is 8.36. The largest absolute Gasteiger partial charge is 0.457 e. The van der Waals surface area contributed by atoms with E-state index < -0.39 is 24.2 Å². The van der Waals surface area contributed by atoms with E-state index in [1.54, 1.807) is 12.1 Å². The molecule has 0 radical (unpaired) electrons. The summed E-state index contributed by atoms with van der Waals surface area (Å²) in [7, 11) is 0. The Morgan fingerprint density at radius 1 is 0.741 bits per heavy atom. The van der Waals surface area contributed by atoms with Gasteiger partial charge in [0.1, 0.15) is 5.82 Å². The molecule has 3 rings (SSSR count). The van der Waals surface area contributed by atoms with Crippen LogP contribution in [0.25, 0.3) is 10.8 Å². The van der Waals surface area contributed by atoms with Gasteiger partial charge in [-0.2, -0.15) is 0 Å². The van der Waals surface area contributed by atoms with E-state index in [0.29, 0.717) is 5.56 Å². The maximum Gasteiger partial charge on any atom is 0.306 e. The highest BCUT2D eigenvalue weighted by Gasteiger charge is 2.13. The van der Waals surface area contributed by atoms with Crippen molar-refractivity contribution < 1.29 is 23.5 Å². The molecule has 0 saturated carbocycles. The molecule has 0 bridgehead atoms. The first-order chi connectivity index (χ1) is 13.0. The van der Waals surface area contributed by atoms with Gasteiger partial charge >= 0.3 is 5.97 Å². The number of ketones is 2. The molecule has 5 heteroatoms. The van der Waals surface area contributed by atoms with Gasteiger partial charge in [-0.15, -0.1) is 0 Å². The predicted molar refractivity (Wildman–Crippen MR) is 99.2 cm³/mol. The van der Waals surface area contributed by atoms with Crippen molar-refractivity contribution in [1.29, 1.82) is 0 Å². The Balaban J connectivity index is 1.49. The van der Waals surface area contributed by atoms with Gasteiger partial charge in [-0.05, 0) is 41.1 Å². The molecule has 3 aromatic rings. The molecule has 136 valence electrons. The predicted octanol–water partition coefficient (Wildman–Crippen LogP) is 4.37. The summed E-state index contributed by atoms with van der Waals surface area (Å²) in [5.74, 6) is -1.66. The van der Waals surface area contributed by atoms with E-state index in [4.69, 9.17) is 4.74 Å². The third-order valence-electron chi connectivity index (χ3n) is 4.16. The van der Waals surface area contributed by atoms with Crippen molar-refractivity contribution in [3.63, 3.8) is 0 Å². The summed E-state index contributed by atoms with van der Waals surface area (Å²) >= 11 is 0. The van der Waals surface area contributed by atoms with Crippen molar-refractivity contribution in [2.24, 2.45) is 0 Å². The molecule has 0 aliphatic carbocycles. The van der Waals surface area contributed by atoms with Crippen LogP contribution in [0, 0.1) is 5.82 Å². The van der Waals surface area contributed by atoms with E-state index in [1.807, 2.05) is 30.3 Å². The number of rotatable bonds is 7. The number of hydrogen-bond donors (Lipinski definition) is 0. The highest BCUT2D eigenvalue weighted by atomic mass is 19.1. The van der Waals surface area contributed by atoms with Crippen molar-refractivity contribution in [3.05, 3.63) is 83.7 Å². The Morgan fingerprint density at radius 2 is 1.41 bits per heavy atom. The highest BCUT2D eigenvalue weighted by molar-refractivity contribution is 6.01. The molecule has 0 fully saturated rings. The Hall–Kier alpha value is -3.34. The van der Waals surface area contributed by atoms with Gasteiger partial charge in [-0.3, -0.25) is 14.4 Å². The van der Waals surface area contributed by atoms with Gasteiger partial charge in [0.25, 0.3) is 0 Å². The normalized spacial score (nSPS) is 10.6. The second-order valence-electron chi connectivity index (χ2n) is 6.08. The Labute approximate surface area is 155 Å². The van der Waals surface area contributed by atoms with Crippen LogP contribution in [0.4, 0.5) is 4.39 Å². The number of hydrogen-bond acceptors (Lipinski definition) is 4. The van der Waals surface area contributed by atoms with E-state index >= 15 is 0 Å². The molecule has 0 N–H and O–H groups in total. The van der Waals surface area contributed by atoms with E-state index in [0.717, 1.165) is 22.9 Å². The lowest BCUT2D eigenvalue weighted by molar-refractivity contribution is -0.142. The maximum atomic E-state index is 12.8. The summed E-state index contributed by atoms with van der Waals surface area (Å²) in [4.78, 5) is 35.9. The summed E-state index contributed by atoms with van der Waals surface area (Å²) < 4.78 is 17.7. The van der Waals surface area contributed by atoms with Crippen LogP contribution in [-0.2, 0) is 9.53 Å². The Bertz CT molecular complexity index is 993. The van der Waals surface area contributed by atoms with Crippen molar-refractivity contribution >= 4 is 28.3 Å². The molecular weight excluding hydrogens is 347 g/mol. The average molecular weight is 364 g/mol. The number of fused-ring (bicyclic) bond motifs is 1. The molecule has 4 nitrogen and oxygen atoms in total. The first-order valence-corrected chi connectivity index (χ1v) is 8.49. The lowest BCUT2D eigenvalue weighted by atomic mass is 10.0. The molecular formula is C22H17FO4. The first-order valence-electron chi connectivity index (χ1n) is 8.49. The molecule has 0 aliphatic heterocycles. The lowest BCUT2D eigenvalue weighted by Gasteiger charge is -2.05. The van der Waals surface area contributed by atoms with Crippen LogP contribution in [-0.4, -0.2) is 24.1 Å². The SMILES string of the molecule is O=C(CCC(=O)c1ccc2ccccc2c1)OCC(=O)c1ccc(F)cc1. The van der Waals surface area contributed by atoms with Crippen LogP contribution >= 0.6 is 0 Å². The number of Topliss-reactive ketones (excluding diaryl/α,β-unsaturated/α-hetero) is 2. The van der Waals surface area contributed by atoms with Gasteiger partial charge in [0.2, 0.25) is 0 Å². The maximum absolute atomic E-state index is 12.8. The lowest BCUT2D eigenvalue weighted by Crippen LogP contribution is -2.15. The zero-order chi connectivity index (χ0) is 19.2. The van der Waals surface area contributed by atoms with Crippen molar-refractivity contribution in [2.45, 2.75) is 12.8 Å². The molecule has 0 amide bonds. The van der Waals surface area contributed by atoms with Gasteiger partial charge in [0, 0.05) is 17.5 Å². The minimum absolute atomic E-state index is 0.00190. The molecule has 0 atom stereocenters. The number of esters is 1. The average Bonchev–Trinajstić information content (AvgIpc) is 2.70. The van der Waals surface area contributed by atoms with Gasteiger partial charge in [0.05, 0.1) is 6.42 Å². The van der Waals surface area contributed by atoms with Crippen LogP contribution in [0.1, 0.15) is 33.6 Å². The molecule has 0 aromatic heterocycles. The summed E-state index contributed by atoms with van der Waals surface area (Å²) in [6.45, 7) is -0.436. The molecule has 27 heavy (non-hydrogen) atoms. The fourth-order valence-corrected chi connectivity index (χ4v) is 2.66. The van der Waals surface area contributed by atoms with E-state index in [1.165, 1.54) is 12.1 Å². The topological polar surface area (TPSA) is 60.4 Å². The van der Waals surface area contributed by atoms with Gasteiger partial charge in [-0.25, -0.2) is 4.39 Å². The highest BCUT2D eigenvalue weighted by Crippen LogP contribution is 2.17. The Kier molecular flexibility index (Phi) is 5.71. The van der Waals surface area contributed by atoms with Gasteiger partial charge < -0.3 is 4.74 Å². The van der Waals surface area contributed by atoms with Crippen LogP contribution in [0.5, 0.6) is 0 Å².